The summed E-state index contributed by atoms with van der Waals surface area (Å²) in [6.07, 6.45) is 2.49. The summed E-state index contributed by atoms with van der Waals surface area (Å²) in [4.78, 5) is 18.8. The predicted molar refractivity (Wildman–Crippen MR) is 112 cm³/mol. The molecule has 2 aromatic heterocycles. The van der Waals surface area contributed by atoms with Crippen molar-refractivity contribution >= 4 is 5.91 Å². The minimum absolute atomic E-state index is 0.0259. The lowest BCUT2D eigenvalue weighted by molar-refractivity contribution is -0.134. The van der Waals surface area contributed by atoms with Crippen LogP contribution in [0.25, 0.3) is 0 Å². The van der Waals surface area contributed by atoms with Gasteiger partial charge in [-0.15, -0.1) is 0 Å². The number of carbonyl (C=O) groups is 1. The van der Waals surface area contributed by atoms with Crippen LogP contribution in [0, 0.1) is 13.8 Å². The van der Waals surface area contributed by atoms with Crippen LogP contribution < -0.4 is 9.47 Å². The van der Waals surface area contributed by atoms with Crippen molar-refractivity contribution in [2.45, 2.75) is 33.4 Å². The van der Waals surface area contributed by atoms with Crippen LogP contribution in [0.15, 0.2) is 42.6 Å². The predicted octanol–water partition coefficient (Wildman–Crippen LogP) is 2.97. The Morgan fingerprint density at radius 2 is 1.97 bits per heavy atom. The first-order chi connectivity index (χ1) is 14.5. The number of ether oxygens (including phenoxy) is 2. The lowest BCUT2D eigenvalue weighted by atomic mass is 10.1. The summed E-state index contributed by atoms with van der Waals surface area (Å²) < 4.78 is 13.4. The van der Waals surface area contributed by atoms with E-state index in [1.807, 2.05) is 66.9 Å². The molecule has 3 heterocycles. The van der Waals surface area contributed by atoms with Crippen molar-refractivity contribution in [2.24, 2.45) is 7.05 Å². The molecule has 0 N–H and O–H groups in total. The Balaban J connectivity index is 1.41. The summed E-state index contributed by atoms with van der Waals surface area (Å²) in [7, 11) is 1.94. The Hall–Kier alpha value is -3.35. The fourth-order valence-corrected chi connectivity index (χ4v) is 3.67. The van der Waals surface area contributed by atoms with Crippen molar-refractivity contribution in [3.8, 4) is 11.6 Å². The van der Waals surface area contributed by atoms with Crippen molar-refractivity contribution in [3.05, 3.63) is 70.7 Å². The number of rotatable bonds is 6. The van der Waals surface area contributed by atoms with Gasteiger partial charge in [0.05, 0.1) is 0 Å². The van der Waals surface area contributed by atoms with Crippen LogP contribution in [0.4, 0.5) is 0 Å². The highest BCUT2D eigenvalue weighted by atomic mass is 16.5. The van der Waals surface area contributed by atoms with Crippen molar-refractivity contribution < 1.29 is 14.3 Å². The van der Waals surface area contributed by atoms with Crippen molar-refractivity contribution in [1.29, 1.82) is 0 Å². The third-order valence-corrected chi connectivity index (χ3v) is 5.28. The van der Waals surface area contributed by atoms with Gasteiger partial charge >= 0.3 is 0 Å². The maximum atomic E-state index is 12.7. The summed E-state index contributed by atoms with van der Waals surface area (Å²) in [6, 6.07) is 11.5. The molecule has 0 bridgehead atoms. The van der Waals surface area contributed by atoms with E-state index in [0.717, 1.165) is 34.5 Å². The molecular formula is C23H26N4O3. The average molecular weight is 406 g/mol. The number of carbonyl (C=O) groups excluding carboxylic acids is 1. The standard InChI is InChI=1S/C23H26N4O3/c1-16-5-4-6-18(11-16)29-15-23(28)27-10-8-21-19(13-27)20(25-26(21)3)14-30-22-12-17(2)7-9-24-22/h4-7,9,11-12H,8,10,13-15H2,1-3H3. The number of hydrogen-bond donors (Lipinski definition) is 0. The first kappa shape index (κ1) is 19.9. The number of amides is 1. The van der Waals surface area contributed by atoms with E-state index in [9.17, 15) is 4.79 Å². The van der Waals surface area contributed by atoms with E-state index >= 15 is 0 Å². The van der Waals surface area contributed by atoms with E-state index in [4.69, 9.17) is 9.47 Å². The average Bonchev–Trinajstić information content (AvgIpc) is 3.06. The number of nitrogens with zero attached hydrogens (tertiary/aromatic N) is 4. The zero-order chi connectivity index (χ0) is 21.1. The summed E-state index contributed by atoms with van der Waals surface area (Å²) >= 11 is 0. The maximum Gasteiger partial charge on any atom is 0.260 e. The van der Waals surface area contributed by atoms with Crippen LogP contribution in [0.3, 0.4) is 0 Å². The van der Waals surface area contributed by atoms with Gasteiger partial charge in [-0.1, -0.05) is 12.1 Å². The third kappa shape index (κ3) is 4.45. The summed E-state index contributed by atoms with van der Waals surface area (Å²) in [6.45, 7) is 5.51. The van der Waals surface area contributed by atoms with E-state index in [1.165, 1.54) is 0 Å². The zero-order valence-electron chi connectivity index (χ0n) is 17.6. The quantitative estimate of drug-likeness (QED) is 0.630. The highest BCUT2D eigenvalue weighted by molar-refractivity contribution is 5.78. The van der Waals surface area contributed by atoms with E-state index < -0.39 is 0 Å². The molecule has 1 aliphatic rings. The number of aromatic nitrogens is 3. The lowest BCUT2D eigenvalue weighted by Crippen LogP contribution is -2.39. The molecule has 7 nitrogen and oxygen atoms in total. The second-order valence-corrected chi connectivity index (χ2v) is 7.63. The molecular weight excluding hydrogens is 380 g/mol. The zero-order valence-corrected chi connectivity index (χ0v) is 17.6. The summed E-state index contributed by atoms with van der Waals surface area (Å²) in [5, 5.41) is 4.62. The molecule has 3 aromatic rings. The van der Waals surface area contributed by atoms with E-state index in [1.54, 1.807) is 6.20 Å². The molecule has 1 aromatic carbocycles. The molecule has 156 valence electrons. The van der Waals surface area contributed by atoms with Gasteiger partial charge in [0.15, 0.2) is 6.61 Å². The van der Waals surface area contributed by atoms with Gasteiger partial charge in [-0.25, -0.2) is 4.98 Å². The Morgan fingerprint density at radius 3 is 2.77 bits per heavy atom. The molecule has 7 heteroatoms. The normalized spacial score (nSPS) is 13.1. The summed E-state index contributed by atoms with van der Waals surface area (Å²) in [5.74, 6) is 1.25. The van der Waals surface area contributed by atoms with Crippen molar-refractivity contribution in [3.63, 3.8) is 0 Å². The van der Waals surface area contributed by atoms with Crippen molar-refractivity contribution in [2.75, 3.05) is 13.2 Å². The number of benzene rings is 1. The molecule has 0 unspecified atom stereocenters. The van der Waals surface area contributed by atoms with Crippen LogP contribution >= 0.6 is 0 Å². The molecule has 0 saturated heterocycles. The van der Waals surface area contributed by atoms with Crippen LogP contribution in [-0.4, -0.2) is 38.7 Å². The van der Waals surface area contributed by atoms with Gasteiger partial charge < -0.3 is 14.4 Å². The van der Waals surface area contributed by atoms with Crippen LogP contribution in [0.1, 0.15) is 28.1 Å². The molecule has 0 saturated carbocycles. The van der Waals surface area contributed by atoms with Crippen LogP contribution in [-0.2, 0) is 31.4 Å². The second-order valence-electron chi connectivity index (χ2n) is 7.63. The number of hydrogen-bond acceptors (Lipinski definition) is 5. The van der Waals surface area contributed by atoms with Crippen LogP contribution in [0.2, 0.25) is 0 Å². The van der Waals surface area contributed by atoms with E-state index in [0.29, 0.717) is 31.3 Å². The van der Waals surface area contributed by atoms with Gasteiger partial charge in [0.1, 0.15) is 18.1 Å². The molecule has 30 heavy (non-hydrogen) atoms. The van der Waals surface area contributed by atoms with Gasteiger partial charge in [0.25, 0.3) is 5.91 Å². The highest BCUT2D eigenvalue weighted by Crippen LogP contribution is 2.24. The van der Waals surface area contributed by atoms with E-state index in [-0.39, 0.29) is 12.5 Å². The Kier molecular flexibility index (Phi) is 5.70. The van der Waals surface area contributed by atoms with Crippen LogP contribution in [0.5, 0.6) is 11.6 Å². The first-order valence-electron chi connectivity index (χ1n) is 10.1. The van der Waals surface area contributed by atoms with Crippen molar-refractivity contribution in [1.82, 2.24) is 19.7 Å². The SMILES string of the molecule is Cc1cccc(OCC(=O)N2CCc3c(c(COc4cc(C)ccn4)nn3C)C2)c1. The lowest BCUT2D eigenvalue weighted by Gasteiger charge is -2.27. The molecule has 0 spiro atoms. The fraction of sp³-hybridized carbons (Fsp3) is 0.348. The smallest absolute Gasteiger partial charge is 0.260 e. The van der Waals surface area contributed by atoms with E-state index in [2.05, 4.69) is 10.1 Å². The molecule has 0 atom stereocenters. The van der Waals surface area contributed by atoms with Gasteiger partial charge in [-0.05, 0) is 43.2 Å². The number of aryl methyl sites for hydroxylation is 3. The van der Waals surface area contributed by atoms with Gasteiger partial charge in [0.2, 0.25) is 5.88 Å². The minimum Gasteiger partial charge on any atom is -0.484 e. The maximum absolute atomic E-state index is 12.7. The second kappa shape index (κ2) is 8.57. The highest BCUT2D eigenvalue weighted by Gasteiger charge is 2.27. The number of pyridine rings is 1. The Bertz CT molecular complexity index is 1060. The molecule has 0 aliphatic carbocycles. The third-order valence-electron chi connectivity index (χ3n) is 5.28. The first-order valence-corrected chi connectivity index (χ1v) is 10.1. The van der Waals surface area contributed by atoms with Gasteiger partial charge in [-0.2, -0.15) is 5.10 Å². The molecule has 1 aliphatic heterocycles. The number of fused-ring (bicyclic) bond motifs is 1. The Morgan fingerprint density at radius 1 is 1.13 bits per heavy atom. The fourth-order valence-electron chi connectivity index (χ4n) is 3.67. The Labute approximate surface area is 176 Å². The molecule has 0 fully saturated rings. The minimum atomic E-state index is -0.0294. The molecule has 0 radical (unpaired) electrons. The molecule has 4 rings (SSSR count). The summed E-state index contributed by atoms with van der Waals surface area (Å²) in [5.41, 5.74) is 5.24. The largest absolute Gasteiger partial charge is 0.484 e. The topological polar surface area (TPSA) is 69.5 Å². The van der Waals surface area contributed by atoms with Gasteiger partial charge in [-0.3, -0.25) is 9.48 Å². The monoisotopic (exact) mass is 406 g/mol. The molecule has 1 amide bonds. The van der Waals surface area contributed by atoms with Gasteiger partial charge in [0, 0.05) is 50.1 Å².